The smallest absolute Gasteiger partial charge is 0.303 e. The quantitative estimate of drug-likeness (QED) is 0.310. The number of sulfonamides is 1. The molecule has 0 radical (unpaired) electrons. The Morgan fingerprint density at radius 1 is 1.05 bits per heavy atom. The Labute approximate surface area is 237 Å². The summed E-state index contributed by atoms with van der Waals surface area (Å²) in [6, 6.07) is 4.71. The number of nitrogens with zero attached hydrogens (tertiary/aromatic N) is 5. The number of aliphatic carboxylic acids is 2. The van der Waals surface area contributed by atoms with Gasteiger partial charge in [0.25, 0.3) is 5.56 Å². The maximum Gasteiger partial charge on any atom is 0.303 e. The van der Waals surface area contributed by atoms with Crippen LogP contribution in [0.25, 0.3) is 22.4 Å². The van der Waals surface area contributed by atoms with Crippen LogP contribution in [0.1, 0.15) is 38.8 Å². The van der Waals surface area contributed by atoms with E-state index in [-0.39, 0.29) is 29.1 Å². The number of likely N-dealkylation sites (N-methyl/N-ethyl adjacent to an activating group) is 1. The molecule has 1 saturated heterocycles. The molecule has 14 nitrogen and oxygen atoms in total. The number of carboxylic acids is 2. The average molecular weight is 593 g/mol. The molecule has 1 aliphatic rings. The zero-order chi connectivity index (χ0) is 30.3. The lowest BCUT2D eigenvalue weighted by Crippen LogP contribution is -2.47. The number of aromatic nitrogens is 4. The van der Waals surface area contributed by atoms with E-state index in [1.165, 1.54) is 8.99 Å². The number of hydrogen-bond acceptors (Lipinski definition) is 9. The second kappa shape index (κ2) is 13.7. The van der Waals surface area contributed by atoms with E-state index < -0.39 is 22.0 Å². The highest BCUT2D eigenvalue weighted by Crippen LogP contribution is 2.32. The van der Waals surface area contributed by atoms with Crippen LogP contribution in [-0.2, 0) is 33.1 Å². The van der Waals surface area contributed by atoms with Crippen LogP contribution in [0.5, 0.6) is 5.75 Å². The lowest BCUT2D eigenvalue weighted by molar-refractivity contribution is -0.143. The molecule has 1 fully saturated rings. The average Bonchev–Trinajstić information content (AvgIpc) is 3.24. The Morgan fingerprint density at radius 2 is 1.68 bits per heavy atom. The molecule has 15 heteroatoms. The fourth-order valence-electron chi connectivity index (χ4n) is 4.31. The number of ether oxygens (including phenoxy) is 1. The Bertz CT molecular complexity index is 1540. The van der Waals surface area contributed by atoms with Crippen molar-refractivity contribution in [3.63, 3.8) is 0 Å². The van der Waals surface area contributed by atoms with Gasteiger partial charge in [0.05, 0.1) is 35.6 Å². The van der Waals surface area contributed by atoms with Crippen LogP contribution in [0.15, 0.2) is 27.9 Å². The summed E-state index contributed by atoms with van der Waals surface area (Å²) in [5, 5.41) is 20.3. The normalized spacial score (nSPS) is 14.4. The number of fused-ring (bicyclic) bond motifs is 1. The molecule has 0 atom stereocenters. The molecule has 0 unspecified atom stereocenters. The third-order valence-electron chi connectivity index (χ3n) is 6.41. The molecule has 0 bridgehead atoms. The minimum atomic E-state index is -3.70. The molecule has 3 N–H and O–H groups in total. The molecule has 1 aromatic carbocycles. The van der Waals surface area contributed by atoms with E-state index >= 15 is 0 Å². The first kappa shape index (κ1) is 31.7. The first-order valence-corrected chi connectivity index (χ1v) is 14.7. The lowest BCUT2D eigenvalue weighted by atomic mass is 10.1. The highest BCUT2D eigenvalue weighted by Gasteiger charge is 2.29. The third-order valence-corrected chi connectivity index (χ3v) is 8.30. The van der Waals surface area contributed by atoms with Crippen molar-refractivity contribution in [1.29, 1.82) is 0 Å². The summed E-state index contributed by atoms with van der Waals surface area (Å²) in [6.07, 6.45) is 0.951. The predicted octanol–water partition coefficient (Wildman–Crippen LogP) is 1.55. The Hall–Kier alpha value is -3.82. The third kappa shape index (κ3) is 7.68. The highest BCUT2D eigenvalue weighted by molar-refractivity contribution is 7.89. The number of carboxylic acid groups (broad SMARTS) is 2. The molecule has 4 rings (SSSR count). The van der Waals surface area contributed by atoms with Gasteiger partial charge in [-0.3, -0.25) is 19.1 Å². The summed E-state index contributed by atoms with van der Waals surface area (Å²) in [7, 11) is -0.00831. The Kier molecular flexibility index (Phi) is 10.6. The molecule has 2 aromatic heterocycles. The van der Waals surface area contributed by atoms with Gasteiger partial charge >= 0.3 is 11.9 Å². The van der Waals surface area contributed by atoms with Crippen molar-refractivity contribution in [2.24, 2.45) is 7.05 Å². The van der Waals surface area contributed by atoms with E-state index in [9.17, 15) is 22.8 Å². The van der Waals surface area contributed by atoms with Gasteiger partial charge < -0.3 is 24.8 Å². The first-order chi connectivity index (χ1) is 19.4. The number of benzene rings is 1. The van der Waals surface area contributed by atoms with Crippen LogP contribution in [0.4, 0.5) is 0 Å². The van der Waals surface area contributed by atoms with Gasteiger partial charge in [-0.2, -0.15) is 9.40 Å². The zero-order valence-electron chi connectivity index (χ0n) is 23.6. The number of carbonyl (C=O) groups is 2. The molecule has 1 aliphatic heterocycles. The second-order valence-electron chi connectivity index (χ2n) is 9.52. The number of hydrogen-bond donors (Lipinski definition) is 3. The number of aromatic amines is 1. The molecule has 0 saturated carbocycles. The fraction of sp³-hybridized carbons (Fsp3) is 0.500. The first-order valence-electron chi connectivity index (χ1n) is 13.2. The fourth-order valence-corrected chi connectivity index (χ4v) is 5.76. The second-order valence-corrected chi connectivity index (χ2v) is 11.5. The van der Waals surface area contributed by atoms with Gasteiger partial charge in [-0.15, -0.1) is 0 Å². The maximum atomic E-state index is 13.3. The molecular formula is C26H36N6O8S. The highest BCUT2D eigenvalue weighted by atomic mass is 32.2. The lowest BCUT2D eigenvalue weighted by Gasteiger charge is -2.31. The molecule has 0 amide bonds. The summed E-state index contributed by atoms with van der Waals surface area (Å²) >= 11 is 0. The van der Waals surface area contributed by atoms with E-state index in [1.807, 2.05) is 20.9 Å². The maximum absolute atomic E-state index is 13.3. The van der Waals surface area contributed by atoms with Gasteiger partial charge in [-0.05, 0) is 38.6 Å². The number of H-pyrrole nitrogens is 1. The van der Waals surface area contributed by atoms with E-state index in [1.54, 1.807) is 25.2 Å². The van der Waals surface area contributed by atoms with Crippen LogP contribution in [0, 0.1) is 0 Å². The summed E-state index contributed by atoms with van der Waals surface area (Å²) in [6.45, 7) is 6.48. The Morgan fingerprint density at radius 3 is 2.24 bits per heavy atom. The summed E-state index contributed by atoms with van der Waals surface area (Å²) in [5.74, 6) is -1.44. The van der Waals surface area contributed by atoms with Crippen LogP contribution < -0.4 is 10.3 Å². The molecule has 3 heterocycles. The number of nitrogens with one attached hydrogen (secondary N) is 1. The number of piperazine rings is 1. The minimum Gasteiger partial charge on any atom is -0.493 e. The van der Waals surface area contributed by atoms with Crippen molar-refractivity contribution in [2.75, 3.05) is 39.8 Å². The van der Waals surface area contributed by atoms with Crippen molar-refractivity contribution in [3.8, 4) is 17.1 Å². The summed E-state index contributed by atoms with van der Waals surface area (Å²) < 4.78 is 35.4. The minimum absolute atomic E-state index is 0.147. The summed E-state index contributed by atoms with van der Waals surface area (Å²) in [5.41, 5.74) is 1.75. The van der Waals surface area contributed by atoms with Crippen LogP contribution >= 0.6 is 0 Å². The molecule has 0 spiro atoms. The van der Waals surface area contributed by atoms with Gasteiger partial charge in [0.2, 0.25) is 10.0 Å². The van der Waals surface area contributed by atoms with Crippen molar-refractivity contribution in [3.05, 3.63) is 34.2 Å². The van der Waals surface area contributed by atoms with Gasteiger partial charge in [0.15, 0.2) is 5.52 Å². The molecule has 41 heavy (non-hydrogen) atoms. The van der Waals surface area contributed by atoms with Crippen molar-refractivity contribution >= 4 is 33.0 Å². The monoisotopic (exact) mass is 592 g/mol. The van der Waals surface area contributed by atoms with Gasteiger partial charge in [-0.1, -0.05) is 13.3 Å². The molecular weight excluding hydrogens is 556 g/mol. The number of aryl methyl sites for hydroxylation is 2. The zero-order valence-corrected chi connectivity index (χ0v) is 24.4. The SMILES string of the molecule is CCCc1nn(C)c2c(=O)[nH]c(-c3cc(S(=O)(=O)N4CCN(C)CC4)ccc3OCC)nc12.O=C(O)CCC(=O)O. The predicted molar refractivity (Wildman–Crippen MR) is 150 cm³/mol. The van der Waals surface area contributed by atoms with E-state index in [0.29, 0.717) is 61.6 Å². The van der Waals surface area contributed by atoms with Gasteiger partial charge in [-0.25, -0.2) is 13.4 Å². The van der Waals surface area contributed by atoms with Gasteiger partial charge in [0.1, 0.15) is 17.1 Å². The van der Waals surface area contributed by atoms with E-state index in [0.717, 1.165) is 12.1 Å². The molecule has 0 aliphatic carbocycles. The van der Waals surface area contributed by atoms with Crippen molar-refractivity contribution < 1.29 is 33.0 Å². The summed E-state index contributed by atoms with van der Waals surface area (Å²) in [4.78, 5) is 41.9. The number of rotatable bonds is 10. The van der Waals surface area contributed by atoms with E-state index in [2.05, 4.69) is 15.0 Å². The van der Waals surface area contributed by atoms with E-state index in [4.69, 9.17) is 19.9 Å². The van der Waals surface area contributed by atoms with Crippen molar-refractivity contribution in [2.45, 2.75) is 44.4 Å². The molecule has 224 valence electrons. The van der Waals surface area contributed by atoms with Gasteiger partial charge in [0, 0.05) is 33.2 Å². The topological polar surface area (TPSA) is 188 Å². The largest absolute Gasteiger partial charge is 0.493 e. The van der Waals surface area contributed by atoms with Crippen LogP contribution in [-0.4, -0.2) is 99.4 Å². The van der Waals surface area contributed by atoms with Crippen molar-refractivity contribution in [1.82, 2.24) is 29.0 Å². The Balaban J connectivity index is 0.000000507. The standard InChI is InChI=1S/C22H30N6O4S.C4H6O4/c1-5-7-17-19-20(27(4)25-17)22(29)24-21(23-19)16-14-15(8-9-18(16)32-6-2)33(30,31)28-12-10-26(3)11-13-28;5-3(6)1-2-4(7)8/h8-9,14H,5-7,10-13H2,1-4H3,(H,23,24,29);1-2H2,(H,5,6)(H,7,8). The molecule has 3 aromatic rings. The van der Waals surface area contributed by atoms with Crippen LogP contribution in [0.2, 0.25) is 0 Å². The van der Waals surface area contributed by atoms with Crippen LogP contribution in [0.3, 0.4) is 0 Å².